The van der Waals surface area contributed by atoms with Crippen LogP contribution in [0, 0.1) is 5.92 Å². The maximum atomic E-state index is 12.2. The van der Waals surface area contributed by atoms with Gasteiger partial charge in [-0.1, -0.05) is 0 Å². The minimum Gasteiger partial charge on any atom is -0.480 e. The van der Waals surface area contributed by atoms with Crippen LogP contribution in [0.15, 0.2) is 0 Å². The summed E-state index contributed by atoms with van der Waals surface area (Å²) in [5.74, 6) is -0.594. The van der Waals surface area contributed by atoms with Crippen molar-refractivity contribution < 1.29 is 23.1 Å². The Morgan fingerprint density at radius 1 is 1.26 bits per heavy atom. The molecule has 0 amide bonds. The number of sulfonamides is 1. The van der Waals surface area contributed by atoms with Gasteiger partial charge in [0, 0.05) is 19.8 Å². The summed E-state index contributed by atoms with van der Waals surface area (Å²) in [4.78, 5) is 11.0. The summed E-state index contributed by atoms with van der Waals surface area (Å²) in [6.45, 7) is 1.74. The van der Waals surface area contributed by atoms with Crippen LogP contribution in [0.1, 0.15) is 32.1 Å². The van der Waals surface area contributed by atoms with Crippen LogP contribution >= 0.6 is 0 Å². The third-order valence-corrected chi connectivity index (χ3v) is 5.87. The highest BCUT2D eigenvalue weighted by Crippen LogP contribution is 2.24. The Labute approximate surface area is 113 Å². The fraction of sp³-hybridized carbons (Fsp3) is 0.917. The predicted octanol–water partition coefficient (Wildman–Crippen LogP) is 0.682. The van der Waals surface area contributed by atoms with Crippen molar-refractivity contribution in [3.05, 3.63) is 0 Å². The van der Waals surface area contributed by atoms with Gasteiger partial charge in [-0.15, -0.1) is 0 Å². The van der Waals surface area contributed by atoms with Crippen LogP contribution in [0.5, 0.6) is 0 Å². The lowest BCUT2D eigenvalue weighted by Gasteiger charge is -2.24. The largest absolute Gasteiger partial charge is 0.480 e. The van der Waals surface area contributed by atoms with E-state index in [9.17, 15) is 13.2 Å². The van der Waals surface area contributed by atoms with E-state index in [-0.39, 0.29) is 5.75 Å². The zero-order valence-corrected chi connectivity index (χ0v) is 11.8. The molecule has 19 heavy (non-hydrogen) atoms. The van der Waals surface area contributed by atoms with Gasteiger partial charge in [0.15, 0.2) is 0 Å². The van der Waals surface area contributed by atoms with Gasteiger partial charge in [0.05, 0.1) is 5.75 Å². The van der Waals surface area contributed by atoms with Gasteiger partial charge in [-0.2, -0.15) is 4.31 Å². The summed E-state index contributed by atoms with van der Waals surface area (Å²) in [6, 6.07) is -0.861. The average molecular weight is 291 g/mol. The van der Waals surface area contributed by atoms with E-state index in [1.165, 1.54) is 4.31 Å². The number of hydrogen-bond donors (Lipinski definition) is 1. The second-order valence-electron chi connectivity index (χ2n) is 5.27. The van der Waals surface area contributed by atoms with Crippen LogP contribution < -0.4 is 0 Å². The Morgan fingerprint density at radius 3 is 2.58 bits per heavy atom. The quantitative estimate of drug-likeness (QED) is 0.805. The number of hydrogen-bond acceptors (Lipinski definition) is 4. The van der Waals surface area contributed by atoms with Crippen LogP contribution in [-0.2, 0) is 19.6 Å². The monoisotopic (exact) mass is 291 g/mol. The molecule has 2 rings (SSSR count). The topological polar surface area (TPSA) is 83.9 Å². The van der Waals surface area contributed by atoms with Gasteiger partial charge in [-0.3, -0.25) is 4.79 Å². The lowest BCUT2D eigenvalue weighted by molar-refractivity contribution is -0.140. The van der Waals surface area contributed by atoms with Crippen LogP contribution in [0.2, 0.25) is 0 Å². The molecule has 1 atom stereocenters. The van der Waals surface area contributed by atoms with Crippen molar-refractivity contribution in [2.45, 2.75) is 38.1 Å². The molecule has 0 bridgehead atoms. The van der Waals surface area contributed by atoms with Gasteiger partial charge in [0.1, 0.15) is 6.04 Å². The lowest BCUT2D eigenvalue weighted by atomic mass is 9.98. The van der Waals surface area contributed by atoms with Gasteiger partial charge in [-0.25, -0.2) is 8.42 Å². The van der Waals surface area contributed by atoms with E-state index in [1.54, 1.807) is 0 Å². The summed E-state index contributed by atoms with van der Waals surface area (Å²) in [7, 11) is -3.44. The molecule has 0 spiro atoms. The zero-order chi connectivity index (χ0) is 13.9. The molecule has 110 valence electrons. The first-order chi connectivity index (χ1) is 9.00. The molecule has 6 nitrogen and oxygen atoms in total. The molecular weight excluding hydrogens is 270 g/mol. The zero-order valence-electron chi connectivity index (χ0n) is 11.0. The number of ether oxygens (including phenoxy) is 1. The number of aliphatic carboxylic acids is 1. The van der Waals surface area contributed by atoms with E-state index in [2.05, 4.69) is 0 Å². The minimum absolute atomic E-state index is 0.0570. The predicted molar refractivity (Wildman–Crippen MR) is 69.3 cm³/mol. The summed E-state index contributed by atoms with van der Waals surface area (Å²) in [6.07, 6.45) is 3.46. The van der Waals surface area contributed by atoms with Gasteiger partial charge in [0.2, 0.25) is 10.0 Å². The Bertz CT molecular complexity index is 416. The fourth-order valence-electron chi connectivity index (χ4n) is 2.79. The molecule has 2 heterocycles. The summed E-state index contributed by atoms with van der Waals surface area (Å²) >= 11 is 0. The number of rotatable bonds is 5. The molecule has 0 unspecified atom stereocenters. The first-order valence-corrected chi connectivity index (χ1v) is 8.41. The van der Waals surface area contributed by atoms with Gasteiger partial charge in [0.25, 0.3) is 0 Å². The van der Waals surface area contributed by atoms with Gasteiger partial charge < -0.3 is 9.84 Å². The SMILES string of the molecule is O=C(O)[C@H]1CCCN1S(=O)(=O)CCC1CCOCC1. The van der Waals surface area contributed by atoms with Crippen molar-refractivity contribution in [3.8, 4) is 0 Å². The van der Waals surface area contributed by atoms with E-state index in [0.29, 0.717) is 44.9 Å². The standard InChI is InChI=1S/C12H21NO5S/c14-12(15)11-2-1-6-13(11)19(16,17)9-5-10-3-7-18-8-4-10/h10-11H,1-9H2,(H,14,15)/t11-/m1/s1. The molecule has 0 aromatic heterocycles. The molecule has 0 saturated carbocycles. The Balaban J connectivity index is 1.92. The molecule has 2 fully saturated rings. The number of carbonyl (C=O) groups is 1. The van der Waals surface area contributed by atoms with Gasteiger partial charge >= 0.3 is 5.97 Å². The molecule has 0 radical (unpaired) electrons. The van der Waals surface area contributed by atoms with E-state index in [1.807, 2.05) is 0 Å². The van der Waals surface area contributed by atoms with Crippen LogP contribution in [0.3, 0.4) is 0 Å². The Kier molecular flexibility index (Phi) is 4.81. The summed E-state index contributed by atoms with van der Waals surface area (Å²) in [5, 5.41) is 9.04. The molecular formula is C12H21NO5S. The molecule has 1 N–H and O–H groups in total. The summed E-state index contributed by atoms with van der Waals surface area (Å²) < 4.78 is 30.9. The molecule has 2 aliphatic rings. The number of carboxylic acids is 1. The highest BCUT2D eigenvalue weighted by molar-refractivity contribution is 7.89. The molecule has 2 aliphatic heterocycles. The minimum atomic E-state index is -3.44. The maximum absolute atomic E-state index is 12.2. The molecule has 2 saturated heterocycles. The van der Waals surface area contributed by atoms with Crippen LogP contribution in [0.25, 0.3) is 0 Å². The van der Waals surface area contributed by atoms with Gasteiger partial charge in [-0.05, 0) is 38.0 Å². The smallest absolute Gasteiger partial charge is 0.322 e. The fourth-order valence-corrected chi connectivity index (χ4v) is 4.64. The number of nitrogens with zero attached hydrogens (tertiary/aromatic N) is 1. The Hall–Kier alpha value is -0.660. The first-order valence-electron chi connectivity index (χ1n) is 6.81. The average Bonchev–Trinajstić information content (AvgIpc) is 2.88. The molecule has 0 aromatic rings. The molecule has 7 heteroatoms. The highest BCUT2D eigenvalue weighted by Gasteiger charge is 2.38. The third-order valence-electron chi connectivity index (χ3n) is 3.97. The van der Waals surface area contributed by atoms with Crippen molar-refractivity contribution in [1.82, 2.24) is 4.31 Å². The van der Waals surface area contributed by atoms with Crippen molar-refractivity contribution in [2.24, 2.45) is 5.92 Å². The Morgan fingerprint density at radius 2 is 1.95 bits per heavy atom. The second kappa shape index (κ2) is 6.19. The third kappa shape index (κ3) is 3.67. The van der Waals surface area contributed by atoms with Crippen molar-refractivity contribution >= 4 is 16.0 Å². The van der Waals surface area contributed by atoms with Crippen LogP contribution in [0.4, 0.5) is 0 Å². The van der Waals surface area contributed by atoms with Crippen molar-refractivity contribution in [1.29, 1.82) is 0 Å². The van der Waals surface area contributed by atoms with E-state index >= 15 is 0 Å². The molecule has 0 aromatic carbocycles. The van der Waals surface area contributed by atoms with Crippen LogP contribution in [-0.4, -0.2) is 55.4 Å². The molecule has 0 aliphatic carbocycles. The van der Waals surface area contributed by atoms with Crippen molar-refractivity contribution in [3.63, 3.8) is 0 Å². The first kappa shape index (κ1) is 14.7. The summed E-state index contributed by atoms with van der Waals surface area (Å²) in [5.41, 5.74) is 0. The highest BCUT2D eigenvalue weighted by atomic mass is 32.2. The second-order valence-corrected chi connectivity index (χ2v) is 7.31. The maximum Gasteiger partial charge on any atom is 0.322 e. The number of carboxylic acid groups (broad SMARTS) is 1. The van der Waals surface area contributed by atoms with E-state index < -0.39 is 22.0 Å². The lowest BCUT2D eigenvalue weighted by Crippen LogP contribution is -2.41. The van der Waals surface area contributed by atoms with E-state index in [4.69, 9.17) is 9.84 Å². The van der Waals surface area contributed by atoms with Crippen molar-refractivity contribution in [2.75, 3.05) is 25.5 Å². The normalized spacial score (nSPS) is 26.6. The van der Waals surface area contributed by atoms with E-state index in [0.717, 1.165) is 12.8 Å².